The van der Waals surface area contributed by atoms with Crippen LogP contribution in [-0.2, 0) is 0 Å². The quantitative estimate of drug-likeness (QED) is 0.707. The van der Waals surface area contributed by atoms with Crippen molar-refractivity contribution >= 4 is 17.2 Å². The lowest BCUT2D eigenvalue weighted by atomic mass is 10.2. The van der Waals surface area contributed by atoms with Gasteiger partial charge in [-0.1, -0.05) is 0 Å². The van der Waals surface area contributed by atoms with Crippen LogP contribution in [0.5, 0.6) is 0 Å². The summed E-state index contributed by atoms with van der Waals surface area (Å²) in [5, 5.41) is 2.98. The van der Waals surface area contributed by atoms with Gasteiger partial charge in [0.2, 0.25) is 0 Å². The topological polar surface area (TPSA) is 54.2 Å². The van der Waals surface area contributed by atoms with Crippen LogP contribution < -0.4 is 16.0 Å². The predicted octanol–water partition coefficient (Wildman–Crippen LogP) is 0.916. The lowest BCUT2D eigenvalue weighted by Gasteiger charge is -2.34. The Labute approximate surface area is 77.8 Å². The van der Waals surface area contributed by atoms with Crippen molar-refractivity contribution in [1.82, 2.24) is 4.98 Å². The molecule has 1 aliphatic heterocycles. The summed E-state index contributed by atoms with van der Waals surface area (Å²) in [6, 6.07) is 1.97. The third kappa shape index (κ3) is 1.28. The molecule has 0 aliphatic carbocycles. The second-order valence-corrected chi connectivity index (χ2v) is 3.18. The van der Waals surface area contributed by atoms with Gasteiger partial charge in [0.05, 0.1) is 11.4 Å². The number of anilines is 3. The Morgan fingerprint density at radius 1 is 1.54 bits per heavy atom. The molecule has 1 aliphatic rings. The molecule has 0 bridgehead atoms. The summed E-state index contributed by atoms with van der Waals surface area (Å²) < 4.78 is 0. The molecule has 70 valence electrons. The van der Waals surface area contributed by atoms with Gasteiger partial charge in [0.15, 0.2) is 5.82 Å². The van der Waals surface area contributed by atoms with Crippen LogP contribution in [0.1, 0.15) is 6.42 Å². The van der Waals surface area contributed by atoms with Crippen LogP contribution in [0.15, 0.2) is 12.3 Å². The van der Waals surface area contributed by atoms with Gasteiger partial charge in [-0.15, -0.1) is 0 Å². The van der Waals surface area contributed by atoms with E-state index in [0.717, 1.165) is 30.3 Å². The van der Waals surface area contributed by atoms with Crippen molar-refractivity contribution in [1.29, 1.82) is 0 Å². The molecule has 1 aromatic heterocycles. The smallest absolute Gasteiger partial charge is 0.151 e. The SMILES string of the molecule is CNc1nccc(N2CCC2)c1N. The van der Waals surface area contributed by atoms with Gasteiger partial charge in [-0.25, -0.2) is 4.98 Å². The standard InChI is InChI=1S/C9H14N4/c1-11-9-8(10)7(3-4-12-9)13-5-2-6-13/h3-4H,2,5-6,10H2,1H3,(H,11,12). The van der Waals surface area contributed by atoms with E-state index in [4.69, 9.17) is 5.73 Å². The minimum Gasteiger partial charge on any atom is -0.394 e. The van der Waals surface area contributed by atoms with Crippen LogP contribution >= 0.6 is 0 Å². The van der Waals surface area contributed by atoms with E-state index in [1.165, 1.54) is 6.42 Å². The fourth-order valence-electron chi connectivity index (χ4n) is 1.50. The molecule has 0 unspecified atom stereocenters. The van der Waals surface area contributed by atoms with Crippen molar-refractivity contribution < 1.29 is 0 Å². The Kier molecular flexibility index (Phi) is 1.96. The molecule has 2 rings (SSSR count). The molecule has 1 saturated heterocycles. The number of nitrogens with two attached hydrogens (primary N) is 1. The molecular weight excluding hydrogens is 164 g/mol. The van der Waals surface area contributed by atoms with Gasteiger partial charge in [0.25, 0.3) is 0 Å². The van der Waals surface area contributed by atoms with Gasteiger partial charge < -0.3 is 16.0 Å². The monoisotopic (exact) mass is 178 g/mol. The van der Waals surface area contributed by atoms with E-state index >= 15 is 0 Å². The highest BCUT2D eigenvalue weighted by molar-refractivity contribution is 5.78. The van der Waals surface area contributed by atoms with Crippen molar-refractivity contribution in [2.75, 3.05) is 36.1 Å². The van der Waals surface area contributed by atoms with E-state index in [1.54, 1.807) is 6.20 Å². The molecule has 4 heteroatoms. The van der Waals surface area contributed by atoms with E-state index in [1.807, 2.05) is 13.1 Å². The third-order valence-electron chi connectivity index (χ3n) is 2.40. The highest BCUT2D eigenvalue weighted by Crippen LogP contribution is 2.30. The number of hydrogen-bond acceptors (Lipinski definition) is 4. The largest absolute Gasteiger partial charge is 0.394 e. The normalized spacial score (nSPS) is 15.3. The minimum absolute atomic E-state index is 0.754. The van der Waals surface area contributed by atoms with Crippen molar-refractivity contribution in [2.45, 2.75) is 6.42 Å². The molecule has 2 heterocycles. The molecule has 13 heavy (non-hydrogen) atoms. The van der Waals surface area contributed by atoms with E-state index in [0.29, 0.717) is 0 Å². The number of nitrogen functional groups attached to an aromatic ring is 1. The Bertz CT molecular complexity index is 306. The summed E-state index contributed by atoms with van der Waals surface area (Å²) in [4.78, 5) is 6.40. The summed E-state index contributed by atoms with van der Waals surface area (Å²) in [5.41, 5.74) is 7.79. The van der Waals surface area contributed by atoms with Crippen LogP contribution in [0.4, 0.5) is 17.2 Å². The maximum atomic E-state index is 5.94. The third-order valence-corrected chi connectivity index (χ3v) is 2.40. The Balaban J connectivity index is 2.33. The summed E-state index contributed by atoms with van der Waals surface area (Å²) in [6.45, 7) is 2.22. The fourth-order valence-corrected chi connectivity index (χ4v) is 1.50. The second kappa shape index (κ2) is 3.12. The summed E-state index contributed by atoms with van der Waals surface area (Å²) >= 11 is 0. The van der Waals surface area contributed by atoms with Crippen molar-refractivity contribution in [3.8, 4) is 0 Å². The van der Waals surface area contributed by atoms with Gasteiger partial charge in [-0.3, -0.25) is 0 Å². The zero-order valence-electron chi connectivity index (χ0n) is 7.75. The fraction of sp³-hybridized carbons (Fsp3) is 0.444. The minimum atomic E-state index is 0.754. The molecule has 1 aromatic rings. The molecule has 0 spiro atoms. The number of nitrogens with one attached hydrogen (secondary N) is 1. The predicted molar refractivity (Wildman–Crippen MR) is 55.0 cm³/mol. The number of pyridine rings is 1. The summed E-state index contributed by atoms with van der Waals surface area (Å²) in [6.07, 6.45) is 3.05. The van der Waals surface area contributed by atoms with Gasteiger partial charge in [0, 0.05) is 26.3 Å². The lowest BCUT2D eigenvalue weighted by molar-refractivity contribution is 0.618. The molecule has 0 amide bonds. The average molecular weight is 178 g/mol. The van der Waals surface area contributed by atoms with Gasteiger partial charge >= 0.3 is 0 Å². The van der Waals surface area contributed by atoms with Crippen LogP contribution in [0.2, 0.25) is 0 Å². The Morgan fingerprint density at radius 2 is 2.31 bits per heavy atom. The molecule has 0 aromatic carbocycles. The summed E-state index contributed by atoms with van der Waals surface area (Å²) in [5.74, 6) is 0.768. The first-order valence-corrected chi connectivity index (χ1v) is 4.50. The van der Waals surface area contributed by atoms with E-state index in [2.05, 4.69) is 15.2 Å². The first-order chi connectivity index (χ1) is 6.33. The molecule has 1 fully saturated rings. The summed E-state index contributed by atoms with van der Waals surface area (Å²) in [7, 11) is 1.83. The lowest BCUT2D eigenvalue weighted by Crippen LogP contribution is -2.37. The highest BCUT2D eigenvalue weighted by Gasteiger charge is 2.18. The van der Waals surface area contributed by atoms with Crippen molar-refractivity contribution in [3.05, 3.63) is 12.3 Å². The number of nitrogens with zero attached hydrogens (tertiary/aromatic N) is 2. The molecule has 0 radical (unpaired) electrons. The van der Waals surface area contributed by atoms with Gasteiger partial charge in [0.1, 0.15) is 0 Å². The molecule has 4 nitrogen and oxygen atoms in total. The highest BCUT2D eigenvalue weighted by atomic mass is 15.2. The molecular formula is C9H14N4. The van der Waals surface area contributed by atoms with E-state index in [-0.39, 0.29) is 0 Å². The molecule has 3 N–H and O–H groups in total. The maximum absolute atomic E-state index is 5.94. The van der Waals surface area contributed by atoms with Gasteiger partial charge in [-0.05, 0) is 12.5 Å². The zero-order chi connectivity index (χ0) is 9.26. The first kappa shape index (κ1) is 8.16. The number of hydrogen-bond donors (Lipinski definition) is 2. The Morgan fingerprint density at radius 3 is 2.85 bits per heavy atom. The van der Waals surface area contributed by atoms with Crippen molar-refractivity contribution in [3.63, 3.8) is 0 Å². The maximum Gasteiger partial charge on any atom is 0.151 e. The van der Waals surface area contributed by atoms with Crippen LogP contribution in [0.25, 0.3) is 0 Å². The number of rotatable bonds is 2. The van der Waals surface area contributed by atoms with Crippen molar-refractivity contribution in [2.24, 2.45) is 0 Å². The molecule has 0 atom stereocenters. The van der Waals surface area contributed by atoms with E-state index < -0.39 is 0 Å². The van der Waals surface area contributed by atoms with Crippen LogP contribution in [0, 0.1) is 0 Å². The Hall–Kier alpha value is -1.45. The number of aromatic nitrogens is 1. The molecule has 0 saturated carbocycles. The second-order valence-electron chi connectivity index (χ2n) is 3.18. The first-order valence-electron chi connectivity index (χ1n) is 4.50. The average Bonchev–Trinajstić information content (AvgIpc) is 2.05. The van der Waals surface area contributed by atoms with E-state index in [9.17, 15) is 0 Å². The zero-order valence-corrected chi connectivity index (χ0v) is 7.75. The van der Waals surface area contributed by atoms with Crippen LogP contribution in [0.3, 0.4) is 0 Å². The van der Waals surface area contributed by atoms with Crippen LogP contribution in [-0.4, -0.2) is 25.1 Å². The van der Waals surface area contributed by atoms with Gasteiger partial charge in [-0.2, -0.15) is 0 Å².